The van der Waals surface area contributed by atoms with Gasteiger partial charge in [0.2, 0.25) is 5.91 Å². The number of likely N-dealkylation sites (tertiary alicyclic amines) is 1. The maximum Gasteiger partial charge on any atom is 0.407 e. The number of hydrogen-bond acceptors (Lipinski definition) is 5. The molecule has 2 N–H and O–H groups in total. The first-order valence-electron chi connectivity index (χ1n) is 10.8. The highest BCUT2D eigenvalue weighted by molar-refractivity contribution is 5.83. The molecule has 31 heavy (non-hydrogen) atoms. The molecule has 2 aromatic heterocycles. The normalized spacial score (nSPS) is 15.4. The number of H-pyrrole nitrogens is 1. The van der Waals surface area contributed by atoms with Gasteiger partial charge in [-0.1, -0.05) is 0 Å². The number of pyridine rings is 1. The van der Waals surface area contributed by atoms with Gasteiger partial charge in [-0.25, -0.2) is 4.79 Å². The first-order valence-corrected chi connectivity index (χ1v) is 10.8. The van der Waals surface area contributed by atoms with Gasteiger partial charge in [0.15, 0.2) is 0 Å². The minimum Gasteiger partial charge on any atom is -0.444 e. The van der Waals surface area contributed by atoms with Gasteiger partial charge in [0.25, 0.3) is 5.56 Å². The number of nitrogens with zero attached hydrogens (tertiary/aromatic N) is 3. The molecule has 0 aromatic carbocycles. The van der Waals surface area contributed by atoms with Crippen LogP contribution < -0.4 is 10.9 Å². The van der Waals surface area contributed by atoms with Gasteiger partial charge in [0.1, 0.15) is 11.2 Å². The van der Waals surface area contributed by atoms with E-state index in [0.717, 1.165) is 16.6 Å². The molecular weight excluding hydrogens is 398 g/mol. The minimum atomic E-state index is -0.534. The van der Waals surface area contributed by atoms with Crippen molar-refractivity contribution in [1.82, 2.24) is 25.0 Å². The molecule has 1 aliphatic rings. The zero-order valence-corrected chi connectivity index (χ0v) is 19.3. The van der Waals surface area contributed by atoms with E-state index in [1.54, 1.807) is 11.7 Å². The molecular formula is C22H33N5O4. The van der Waals surface area contributed by atoms with Crippen molar-refractivity contribution in [3.63, 3.8) is 0 Å². The Morgan fingerprint density at radius 3 is 2.48 bits per heavy atom. The van der Waals surface area contributed by atoms with Gasteiger partial charge in [-0.15, -0.1) is 0 Å². The molecule has 3 heterocycles. The lowest BCUT2D eigenvalue weighted by molar-refractivity contribution is -0.132. The molecule has 170 valence electrons. The molecule has 9 nitrogen and oxygen atoms in total. The van der Waals surface area contributed by atoms with Crippen LogP contribution in [-0.4, -0.2) is 56.4 Å². The van der Waals surface area contributed by atoms with Crippen molar-refractivity contribution in [2.24, 2.45) is 7.05 Å². The lowest BCUT2D eigenvalue weighted by Gasteiger charge is -2.33. The number of amides is 2. The lowest BCUT2D eigenvalue weighted by Crippen LogP contribution is -2.47. The van der Waals surface area contributed by atoms with E-state index < -0.39 is 11.7 Å². The van der Waals surface area contributed by atoms with Gasteiger partial charge in [-0.2, -0.15) is 5.10 Å². The van der Waals surface area contributed by atoms with E-state index in [9.17, 15) is 14.4 Å². The topological polar surface area (TPSA) is 109 Å². The second-order valence-corrected chi connectivity index (χ2v) is 9.29. The summed E-state index contributed by atoms with van der Waals surface area (Å²) in [6, 6.07) is -0.0000446. The molecule has 0 unspecified atom stereocenters. The third-order valence-corrected chi connectivity index (χ3v) is 5.71. The van der Waals surface area contributed by atoms with Crippen molar-refractivity contribution in [3.05, 3.63) is 27.2 Å². The number of carbonyl (C=O) groups is 2. The van der Waals surface area contributed by atoms with Crippen LogP contribution >= 0.6 is 0 Å². The smallest absolute Gasteiger partial charge is 0.407 e. The molecule has 0 saturated carbocycles. The highest BCUT2D eigenvalue weighted by Gasteiger charge is 2.26. The van der Waals surface area contributed by atoms with Crippen LogP contribution in [0.25, 0.3) is 11.0 Å². The SMILES string of the molecule is Cc1nn(C)c2[nH]c(=O)c(CCC(=O)N3CCC(NC(=O)OC(C)(C)C)CC3)c(C)c12. The van der Waals surface area contributed by atoms with Gasteiger partial charge >= 0.3 is 6.09 Å². The average Bonchev–Trinajstić information content (AvgIpc) is 2.93. The predicted octanol–water partition coefficient (Wildman–Crippen LogP) is 2.33. The van der Waals surface area contributed by atoms with Gasteiger partial charge in [-0.05, 0) is 59.4 Å². The fourth-order valence-electron chi connectivity index (χ4n) is 4.19. The molecule has 1 saturated heterocycles. The van der Waals surface area contributed by atoms with Crippen molar-refractivity contribution < 1.29 is 14.3 Å². The summed E-state index contributed by atoms with van der Waals surface area (Å²) in [7, 11) is 1.80. The third-order valence-electron chi connectivity index (χ3n) is 5.71. The van der Waals surface area contributed by atoms with Crippen LogP contribution in [0, 0.1) is 13.8 Å². The van der Waals surface area contributed by atoms with E-state index in [4.69, 9.17) is 4.74 Å². The summed E-state index contributed by atoms with van der Waals surface area (Å²) in [5.41, 5.74) is 2.39. The Labute approximate surface area is 182 Å². The Morgan fingerprint density at radius 1 is 1.23 bits per heavy atom. The molecule has 0 bridgehead atoms. The van der Waals surface area contributed by atoms with E-state index >= 15 is 0 Å². The fourth-order valence-corrected chi connectivity index (χ4v) is 4.19. The van der Waals surface area contributed by atoms with Crippen LogP contribution in [-0.2, 0) is 23.0 Å². The van der Waals surface area contributed by atoms with Gasteiger partial charge in [0.05, 0.1) is 5.69 Å². The standard InChI is InChI=1S/C22H33N5O4/c1-13-16(20(29)24-19-18(13)14(2)25-26(19)6)7-8-17(28)27-11-9-15(10-12-27)23-21(30)31-22(3,4)5/h15H,7-12H2,1-6H3,(H,23,30)(H,24,29). The number of aromatic nitrogens is 3. The second-order valence-electron chi connectivity index (χ2n) is 9.29. The molecule has 2 amide bonds. The summed E-state index contributed by atoms with van der Waals surface area (Å²) in [6.45, 7) is 10.5. The molecule has 9 heteroatoms. The van der Waals surface area contributed by atoms with E-state index in [2.05, 4.69) is 15.4 Å². The van der Waals surface area contributed by atoms with Crippen molar-refractivity contribution in [2.45, 2.75) is 71.9 Å². The highest BCUT2D eigenvalue weighted by Crippen LogP contribution is 2.22. The van der Waals surface area contributed by atoms with Crippen LogP contribution in [0.3, 0.4) is 0 Å². The molecule has 0 atom stereocenters. The number of hydrogen-bond donors (Lipinski definition) is 2. The molecule has 2 aromatic rings. The Kier molecular flexibility index (Phi) is 6.43. The summed E-state index contributed by atoms with van der Waals surface area (Å²) in [4.78, 5) is 41.9. The van der Waals surface area contributed by atoms with Gasteiger partial charge in [0, 0.05) is 43.5 Å². The zero-order chi connectivity index (χ0) is 22.9. The Morgan fingerprint density at radius 2 is 1.87 bits per heavy atom. The number of aryl methyl sites for hydroxylation is 3. The predicted molar refractivity (Wildman–Crippen MR) is 118 cm³/mol. The van der Waals surface area contributed by atoms with Crippen LogP contribution in [0.4, 0.5) is 4.79 Å². The number of ether oxygens (including phenoxy) is 1. The first-order chi connectivity index (χ1) is 14.5. The third kappa shape index (κ3) is 5.26. The van der Waals surface area contributed by atoms with Crippen molar-refractivity contribution in [3.8, 4) is 0 Å². The van der Waals surface area contributed by atoms with Crippen LogP contribution in [0.15, 0.2) is 4.79 Å². The van der Waals surface area contributed by atoms with E-state index in [1.807, 2.05) is 39.5 Å². The number of carbonyl (C=O) groups excluding carboxylic acids is 2. The molecule has 0 spiro atoms. The Hall–Kier alpha value is -2.84. The van der Waals surface area contributed by atoms with Gasteiger partial charge in [-0.3, -0.25) is 14.3 Å². The van der Waals surface area contributed by atoms with Crippen molar-refractivity contribution in [1.29, 1.82) is 0 Å². The maximum absolute atomic E-state index is 12.7. The number of piperidine rings is 1. The average molecular weight is 432 g/mol. The maximum atomic E-state index is 12.7. The fraction of sp³-hybridized carbons (Fsp3) is 0.636. The van der Waals surface area contributed by atoms with Crippen LogP contribution in [0.2, 0.25) is 0 Å². The lowest BCUT2D eigenvalue weighted by atomic mass is 10.0. The molecule has 0 radical (unpaired) electrons. The molecule has 1 fully saturated rings. The molecule has 3 rings (SSSR count). The minimum absolute atomic E-state index is 0.0000446. The Bertz CT molecular complexity index is 1040. The quantitative estimate of drug-likeness (QED) is 0.772. The van der Waals surface area contributed by atoms with Crippen molar-refractivity contribution in [2.75, 3.05) is 13.1 Å². The van der Waals surface area contributed by atoms with E-state index in [0.29, 0.717) is 43.6 Å². The number of rotatable bonds is 4. The summed E-state index contributed by atoms with van der Waals surface area (Å²) >= 11 is 0. The highest BCUT2D eigenvalue weighted by atomic mass is 16.6. The number of nitrogens with one attached hydrogen (secondary N) is 2. The molecule has 1 aliphatic heterocycles. The zero-order valence-electron chi connectivity index (χ0n) is 19.3. The molecule has 0 aliphatic carbocycles. The summed E-state index contributed by atoms with van der Waals surface area (Å²) in [5, 5.41) is 8.20. The number of alkyl carbamates (subject to hydrolysis) is 1. The number of fused-ring (bicyclic) bond motifs is 1. The van der Waals surface area contributed by atoms with Crippen molar-refractivity contribution >= 4 is 23.0 Å². The summed E-state index contributed by atoms with van der Waals surface area (Å²) < 4.78 is 6.97. The monoisotopic (exact) mass is 431 g/mol. The van der Waals surface area contributed by atoms with Gasteiger partial charge < -0.3 is 19.9 Å². The number of aromatic amines is 1. The summed E-state index contributed by atoms with van der Waals surface area (Å²) in [5.74, 6) is 0.0255. The van der Waals surface area contributed by atoms with Crippen LogP contribution in [0.1, 0.15) is 56.9 Å². The summed E-state index contributed by atoms with van der Waals surface area (Å²) in [6.07, 6.45) is 1.61. The Balaban J connectivity index is 1.56. The van der Waals surface area contributed by atoms with E-state index in [1.165, 1.54) is 0 Å². The largest absolute Gasteiger partial charge is 0.444 e. The van der Waals surface area contributed by atoms with E-state index in [-0.39, 0.29) is 23.9 Å². The first kappa shape index (κ1) is 22.8. The van der Waals surface area contributed by atoms with Crippen LogP contribution in [0.5, 0.6) is 0 Å². The second kappa shape index (κ2) is 8.72.